The van der Waals surface area contributed by atoms with Gasteiger partial charge >= 0.3 is 0 Å². The van der Waals surface area contributed by atoms with Gasteiger partial charge in [-0.25, -0.2) is 8.42 Å². The molecule has 2 saturated heterocycles. The van der Waals surface area contributed by atoms with Crippen LogP contribution in [0.2, 0.25) is 5.02 Å². The van der Waals surface area contributed by atoms with E-state index < -0.39 is 10.0 Å². The van der Waals surface area contributed by atoms with Crippen LogP contribution in [-0.4, -0.2) is 76.1 Å². The fourth-order valence-electron chi connectivity index (χ4n) is 3.63. The normalized spacial score (nSPS) is 21.8. The summed E-state index contributed by atoms with van der Waals surface area (Å²) in [6.07, 6.45) is 2.68. The highest BCUT2D eigenvalue weighted by Crippen LogP contribution is 2.27. The Balaban J connectivity index is 0.00000261. The molecular weight excluding hydrogens is 409 g/mol. The number of morpholine rings is 1. The average molecular weight is 438 g/mol. The molecule has 1 atom stereocenters. The number of hydrogen-bond donors (Lipinski definition) is 1. The highest BCUT2D eigenvalue weighted by molar-refractivity contribution is 7.89. The molecule has 6 nitrogen and oxygen atoms in total. The van der Waals surface area contributed by atoms with E-state index in [1.807, 2.05) is 0 Å². The first kappa shape index (κ1) is 22.9. The third-order valence-electron chi connectivity index (χ3n) is 5.06. The molecule has 9 heteroatoms. The van der Waals surface area contributed by atoms with Gasteiger partial charge in [0.05, 0.1) is 18.2 Å². The Morgan fingerprint density at radius 1 is 1.26 bits per heavy atom. The van der Waals surface area contributed by atoms with E-state index >= 15 is 0 Å². The first-order valence-electron chi connectivity index (χ1n) is 9.36. The Morgan fingerprint density at radius 3 is 2.67 bits per heavy atom. The summed E-state index contributed by atoms with van der Waals surface area (Å²) in [4.78, 5) is 2.54. The van der Waals surface area contributed by atoms with Crippen molar-refractivity contribution in [2.45, 2.75) is 30.2 Å². The molecule has 1 N–H and O–H groups in total. The van der Waals surface area contributed by atoms with Crippen LogP contribution in [0.15, 0.2) is 29.2 Å². The van der Waals surface area contributed by atoms with Crippen molar-refractivity contribution in [3.05, 3.63) is 29.3 Å². The predicted molar refractivity (Wildman–Crippen MR) is 110 cm³/mol. The number of ether oxygens (including phenoxy) is 1. The van der Waals surface area contributed by atoms with E-state index in [-0.39, 0.29) is 28.4 Å². The Labute approximate surface area is 173 Å². The van der Waals surface area contributed by atoms with Gasteiger partial charge in [-0.3, -0.25) is 4.90 Å². The quantitative estimate of drug-likeness (QED) is 0.708. The van der Waals surface area contributed by atoms with Crippen molar-refractivity contribution in [2.24, 2.45) is 0 Å². The Bertz CT molecular complexity index is 678. The molecule has 0 aromatic heterocycles. The molecule has 2 aliphatic heterocycles. The lowest BCUT2D eigenvalue weighted by Gasteiger charge is -2.35. The zero-order chi connectivity index (χ0) is 18.4. The molecule has 0 saturated carbocycles. The second-order valence-corrected chi connectivity index (χ2v) is 9.12. The lowest BCUT2D eigenvalue weighted by molar-refractivity contribution is 0.0365. The Kier molecular flexibility index (Phi) is 9.28. The van der Waals surface area contributed by atoms with Gasteiger partial charge in [0.1, 0.15) is 4.90 Å². The first-order chi connectivity index (χ1) is 12.6. The van der Waals surface area contributed by atoms with E-state index in [0.29, 0.717) is 13.1 Å². The molecule has 154 valence electrons. The van der Waals surface area contributed by atoms with Gasteiger partial charge in [0, 0.05) is 32.2 Å². The second kappa shape index (κ2) is 11.0. The number of benzene rings is 1. The van der Waals surface area contributed by atoms with Crippen LogP contribution in [0.25, 0.3) is 0 Å². The lowest BCUT2D eigenvalue weighted by Crippen LogP contribution is -2.49. The van der Waals surface area contributed by atoms with Gasteiger partial charge in [-0.05, 0) is 44.5 Å². The number of hydrogen-bond acceptors (Lipinski definition) is 5. The summed E-state index contributed by atoms with van der Waals surface area (Å²) < 4.78 is 33.7. The average Bonchev–Trinajstić information content (AvgIpc) is 2.67. The van der Waals surface area contributed by atoms with Gasteiger partial charge in [0.25, 0.3) is 0 Å². The van der Waals surface area contributed by atoms with E-state index in [1.54, 1.807) is 28.6 Å². The van der Waals surface area contributed by atoms with Gasteiger partial charge in [-0.15, -0.1) is 12.4 Å². The topological polar surface area (TPSA) is 61.9 Å². The fraction of sp³-hybridized carbons (Fsp3) is 0.667. The maximum absolute atomic E-state index is 13.3. The number of rotatable bonds is 7. The van der Waals surface area contributed by atoms with E-state index in [9.17, 15) is 8.42 Å². The van der Waals surface area contributed by atoms with Crippen molar-refractivity contribution in [1.82, 2.24) is 14.5 Å². The fourth-order valence-corrected chi connectivity index (χ4v) is 5.82. The van der Waals surface area contributed by atoms with Crippen molar-refractivity contribution in [1.29, 1.82) is 0 Å². The molecule has 2 fully saturated rings. The summed E-state index contributed by atoms with van der Waals surface area (Å²) in [5, 5.41) is 3.61. The van der Waals surface area contributed by atoms with Crippen molar-refractivity contribution in [3.63, 3.8) is 0 Å². The maximum Gasteiger partial charge on any atom is 0.244 e. The zero-order valence-corrected chi connectivity index (χ0v) is 17.9. The van der Waals surface area contributed by atoms with E-state index in [1.165, 1.54) is 0 Å². The molecule has 0 radical (unpaired) electrons. The van der Waals surface area contributed by atoms with Gasteiger partial charge in [0.15, 0.2) is 0 Å². The summed E-state index contributed by atoms with van der Waals surface area (Å²) in [7, 11) is -3.62. The van der Waals surface area contributed by atoms with Crippen LogP contribution in [0.1, 0.15) is 19.3 Å². The van der Waals surface area contributed by atoms with Crippen LogP contribution in [0.3, 0.4) is 0 Å². The second-order valence-electron chi connectivity index (χ2n) is 6.85. The van der Waals surface area contributed by atoms with Crippen LogP contribution < -0.4 is 5.32 Å². The molecule has 0 amide bonds. The molecular formula is C18H29Cl2N3O3S. The summed E-state index contributed by atoms with van der Waals surface area (Å²) in [6, 6.07) is 6.70. The van der Waals surface area contributed by atoms with Crippen LogP contribution in [0.4, 0.5) is 0 Å². The molecule has 27 heavy (non-hydrogen) atoms. The van der Waals surface area contributed by atoms with Crippen LogP contribution in [0.5, 0.6) is 0 Å². The lowest BCUT2D eigenvalue weighted by atomic mass is 10.1. The van der Waals surface area contributed by atoms with Gasteiger partial charge < -0.3 is 10.1 Å². The molecule has 2 heterocycles. The minimum Gasteiger partial charge on any atom is -0.379 e. The van der Waals surface area contributed by atoms with Gasteiger partial charge in [0.2, 0.25) is 10.0 Å². The summed E-state index contributed by atoms with van der Waals surface area (Å²) in [5.74, 6) is 0. The van der Waals surface area contributed by atoms with Crippen LogP contribution >= 0.6 is 24.0 Å². The van der Waals surface area contributed by atoms with Crippen LogP contribution in [0, 0.1) is 0 Å². The monoisotopic (exact) mass is 437 g/mol. The van der Waals surface area contributed by atoms with Crippen LogP contribution in [-0.2, 0) is 14.8 Å². The largest absolute Gasteiger partial charge is 0.379 e. The van der Waals surface area contributed by atoms with E-state index in [2.05, 4.69) is 10.2 Å². The number of nitrogens with one attached hydrogen (secondary N) is 1. The molecule has 1 unspecified atom stereocenters. The van der Waals surface area contributed by atoms with Crippen molar-refractivity contribution in [3.8, 4) is 0 Å². The highest BCUT2D eigenvalue weighted by atomic mass is 35.5. The standard InChI is InChI=1S/C18H28ClN3O3S.ClH/c19-17-6-1-2-7-18(17)26(23,24)22(16-5-3-8-20-15-16)10-4-9-21-11-13-25-14-12-21;/h1-2,6-7,16,20H,3-5,8-15H2;1H. The first-order valence-corrected chi connectivity index (χ1v) is 11.2. The minimum absolute atomic E-state index is 0. The number of sulfonamides is 1. The molecule has 0 bridgehead atoms. The van der Waals surface area contributed by atoms with E-state index in [4.69, 9.17) is 16.3 Å². The number of piperidine rings is 1. The molecule has 0 spiro atoms. The maximum atomic E-state index is 13.3. The molecule has 0 aliphatic carbocycles. The van der Waals surface area contributed by atoms with Crippen molar-refractivity contribution in [2.75, 3.05) is 52.5 Å². The highest BCUT2D eigenvalue weighted by Gasteiger charge is 2.33. The Hall–Kier alpha value is -0.410. The van der Waals surface area contributed by atoms with Gasteiger partial charge in [-0.1, -0.05) is 23.7 Å². The smallest absolute Gasteiger partial charge is 0.244 e. The van der Waals surface area contributed by atoms with Gasteiger partial charge in [-0.2, -0.15) is 4.31 Å². The molecule has 3 rings (SSSR count). The number of halogens is 2. The van der Waals surface area contributed by atoms with Crippen molar-refractivity contribution >= 4 is 34.0 Å². The Morgan fingerprint density at radius 2 is 2.00 bits per heavy atom. The summed E-state index contributed by atoms with van der Waals surface area (Å²) in [6.45, 7) is 6.40. The minimum atomic E-state index is -3.62. The summed E-state index contributed by atoms with van der Waals surface area (Å²) in [5.41, 5.74) is 0. The molecule has 1 aromatic rings. The third kappa shape index (κ3) is 6.03. The SMILES string of the molecule is Cl.O=S(=O)(c1ccccc1Cl)N(CCCN1CCOCC1)C1CCCNC1. The predicted octanol–water partition coefficient (Wildman–Crippen LogP) is 2.23. The molecule has 2 aliphatic rings. The van der Waals surface area contributed by atoms with Crippen molar-refractivity contribution < 1.29 is 13.2 Å². The molecule has 1 aromatic carbocycles. The zero-order valence-electron chi connectivity index (χ0n) is 15.5. The third-order valence-corrected chi connectivity index (χ3v) is 7.51. The summed E-state index contributed by atoms with van der Waals surface area (Å²) >= 11 is 6.20. The van der Waals surface area contributed by atoms with E-state index in [0.717, 1.165) is 58.7 Å². The number of nitrogens with zero attached hydrogens (tertiary/aromatic N) is 2.